The first-order chi connectivity index (χ1) is 7.58. The van der Waals surface area contributed by atoms with Crippen molar-refractivity contribution in [3.8, 4) is 0 Å². The Bertz CT molecular complexity index is 357. The summed E-state index contributed by atoms with van der Waals surface area (Å²) in [5.74, 6) is -0.0888. The van der Waals surface area contributed by atoms with Gasteiger partial charge in [-0.2, -0.15) is 0 Å². The third-order valence-corrected chi connectivity index (χ3v) is 1.98. The van der Waals surface area contributed by atoms with Crippen LogP contribution in [0.1, 0.15) is 18.1 Å². The fourth-order valence-electron chi connectivity index (χ4n) is 1.25. The van der Waals surface area contributed by atoms with Crippen LogP contribution in [0.15, 0.2) is 24.3 Å². The largest absolute Gasteiger partial charge is 0.465 e. The maximum absolute atomic E-state index is 10.7. The zero-order chi connectivity index (χ0) is 12.0. The Hall–Kier alpha value is -2.04. The lowest BCUT2D eigenvalue weighted by molar-refractivity contribution is -0.119. The minimum atomic E-state index is -1.05. The summed E-state index contributed by atoms with van der Waals surface area (Å²) in [6, 6.07) is 7.38. The van der Waals surface area contributed by atoms with Gasteiger partial charge in [0.25, 0.3) is 0 Å². The van der Waals surface area contributed by atoms with Gasteiger partial charge in [-0.05, 0) is 11.1 Å². The van der Waals surface area contributed by atoms with E-state index in [0.717, 1.165) is 11.1 Å². The third-order valence-electron chi connectivity index (χ3n) is 1.98. The van der Waals surface area contributed by atoms with Gasteiger partial charge in [-0.3, -0.25) is 4.79 Å². The van der Waals surface area contributed by atoms with Crippen LogP contribution in [0.4, 0.5) is 4.79 Å². The summed E-state index contributed by atoms with van der Waals surface area (Å²) in [6.07, 6.45) is -1.05. The predicted molar refractivity (Wildman–Crippen MR) is 58.8 cm³/mol. The van der Waals surface area contributed by atoms with Crippen molar-refractivity contribution in [2.24, 2.45) is 0 Å². The molecular weight excluding hydrogens is 208 g/mol. The molecular formula is C11H14N2O3. The fourth-order valence-corrected chi connectivity index (χ4v) is 1.25. The van der Waals surface area contributed by atoms with E-state index in [1.54, 1.807) is 0 Å². The van der Waals surface area contributed by atoms with E-state index in [9.17, 15) is 9.59 Å². The summed E-state index contributed by atoms with van der Waals surface area (Å²) in [5, 5.41) is 13.4. The maximum atomic E-state index is 10.7. The van der Waals surface area contributed by atoms with Crippen LogP contribution < -0.4 is 10.6 Å². The number of carboxylic acid groups (broad SMARTS) is 1. The zero-order valence-corrected chi connectivity index (χ0v) is 8.99. The molecule has 2 amide bonds. The van der Waals surface area contributed by atoms with Gasteiger partial charge in [0.1, 0.15) is 0 Å². The molecule has 0 unspecified atom stereocenters. The molecule has 0 aliphatic rings. The summed E-state index contributed by atoms with van der Waals surface area (Å²) in [7, 11) is 0. The van der Waals surface area contributed by atoms with Crippen LogP contribution >= 0.6 is 0 Å². The van der Waals surface area contributed by atoms with Crippen molar-refractivity contribution < 1.29 is 14.7 Å². The molecule has 5 nitrogen and oxygen atoms in total. The molecule has 1 aromatic rings. The highest BCUT2D eigenvalue weighted by Crippen LogP contribution is 2.04. The summed E-state index contributed by atoms with van der Waals surface area (Å²) < 4.78 is 0. The first kappa shape index (κ1) is 12.0. The lowest BCUT2D eigenvalue weighted by Crippen LogP contribution is -2.21. The molecule has 1 aromatic carbocycles. The van der Waals surface area contributed by atoms with Gasteiger partial charge in [-0.1, -0.05) is 24.3 Å². The first-order valence-corrected chi connectivity index (χ1v) is 4.87. The standard InChI is InChI=1S/C11H14N2O3/c1-8(14)12-6-9-3-2-4-10(5-9)7-13-11(15)16/h2-5,13H,6-7H2,1H3,(H,12,14)(H,15,16). The van der Waals surface area contributed by atoms with Crippen molar-refractivity contribution in [3.63, 3.8) is 0 Å². The number of amides is 2. The van der Waals surface area contributed by atoms with Crippen LogP contribution in [0.5, 0.6) is 0 Å². The normalized spacial score (nSPS) is 9.56. The van der Waals surface area contributed by atoms with E-state index in [1.807, 2.05) is 24.3 Å². The average Bonchev–Trinajstić information content (AvgIpc) is 2.24. The highest BCUT2D eigenvalue weighted by molar-refractivity contribution is 5.72. The number of rotatable bonds is 4. The van der Waals surface area contributed by atoms with E-state index in [0.29, 0.717) is 6.54 Å². The lowest BCUT2D eigenvalue weighted by Gasteiger charge is -2.05. The monoisotopic (exact) mass is 222 g/mol. The van der Waals surface area contributed by atoms with Crippen molar-refractivity contribution >= 4 is 12.0 Å². The van der Waals surface area contributed by atoms with Gasteiger partial charge in [-0.15, -0.1) is 0 Å². The van der Waals surface area contributed by atoms with E-state index < -0.39 is 6.09 Å². The minimum Gasteiger partial charge on any atom is -0.465 e. The molecule has 0 aromatic heterocycles. The molecule has 0 fully saturated rings. The molecule has 0 saturated heterocycles. The van der Waals surface area contributed by atoms with Gasteiger partial charge < -0.3 is 15.7 Å². The minimum absolute atomic E-state index is 0.0888. The highest BCUT2D eigenvalue weighted by atomic mass is 16.4. The lowest BCUT2D eigenvalue weighted by atomic mass is 10.1. The van der Waals surface area contributed by atoms with Crippen molar-refractivity contribution in [1.29, 1.82) is 0 Å². The molecule has 86 valence electrons. The van der Waals surface area contributed by atoms with Crippen molar-refractivity contribution in [3.05, 3.63) is 35.4 Å². The van der Waals surface area contributed by atoms with Crippen LogP contribution in [0.25, 0.3) is 0 Å². The number of benzene rings is 1. The smallest absolute Gasteiger partial charge is 0.404 e. The molecule has 0 atom stereocenters. The van der Waals surface area contributed by atoms with Gasteiger partial charge in [0.2, 0.25) is 5.91 Å². The number of nitrogens with one attached hydrogen (secondary N) is 2. The topological polar surface area (TPSA) is 78.4 Å². The molecule has 3 N–H and O–H groups in total. The molecule has 0 aliphatic carbocycles. The SMILES string of the molecule is CC(=O)NCc1cccc(CNC(=O)O)c1. The number of carbonyl (C=O) groups excluding carboxylic acids is 1. The van der Waals surface area contributed by atoms with Crippen molar-refractivity contribution in [2.45, 2.75) is 20.0 Å². The summed E-state index contributed by atoms with van der Waals surface area (Å²) >= 11 is 0. The molecule has 0 aliphatic heterocycles. The third kappa shape index (κ3) is 4.45. The van der Waals surface area contributed by atoms with E-state index >= 15 is 0 Å². The van der Waals surface area contributed by atoms with Gasteiger partial charge in [-0.25, -0.2) is 4.79 Å². The molecule has 0 radical (unpaired) electrons. The second-order valence-corrected chi connectivity index (χ2v) is 3.39. The van der Waals surface area contributed by atoms with E-state index in [4.69, 9.17) is 5.11 Å². The number of hydrogen-bond acceptors (Lipinski definition) is 2. The van der Waals surface area contributed by atoms with Crippen LogP contribution in [0, 0.1) is 0 Å². The van der Waals surface area contributed by atoms with Crippen LogP contribution in [-0.4, -0.2) is 17.1 Å². The van der Waals surface area contributed by atoms with Crippen LogP contribution in [-0.2, 0) is 17.9 Å². The molecule has 0 spiro atoms. The maximum Gasteiger partial charge on any atom is 0.404 e. The summed E-state index contributed by atoms with van der Waals surface area (Å²) in [4.78, 5) is 21.0. The van der Waals surface area contributed by atoms with Gasteiger partial charge in [0, 0.05) is 20.0 Å². The van der Waals surface area contributed by atoms with E-state index in [-0.39, 0.29) is 12.5 Å². The van der Waals surface area contributed by atoms with Gasteiger partial charge in [0.05, 0.1) is 0 Å². The number of hydrogen-bond donors (Lipinski definition) is 3. The second kappa shape index (κ2) is 5.75. The van der Waals surface area contributed by atoms with Gasteiger partial charge >= 0.3 is 6.09 Å². The quantitative estimate of drug-likeness (QED) is 0.713. The Morgan fingerprint density at radius 2 is 1.75 bits per heavy atom. The van der Waals surface area contributed by atoms with Crippen molar-refractivity contribution in [1.82, 2.24) is 10.6 Å². The summed E-state index contributed by atoms with van der Waals surface area (Å²) in [6.45, 7) is 2.18. The van der Waals surface area contributed by atoms with Crippen LogP contribution in [0.2, 0.25) is 0 Å². The predicted octanol–water partition coefficient (Wildman–Crippen LogP) is 1.09. The highest BCUT2D eigenvalue weighted by Gasteiger charge is 1.99. The average molecular weight is 222 g/mol. The molecule has 0 heterocycles. The van der Waals surface area contributed by atoms with Crippen molar-refractivity contribution in [2.75, 3.05) is 0 Å². The summed E-state index contributed by atoms with van der Waals surface area (Å²) in [5.41, 5.74) is 1.81. The fraction of sp³-hybridized carbons (Fsp3) is 0.273. The van der Waals surface area contributed by atoms with E-state index in [1.165, 1.54) is 6.92 Å². The second-order valence-electron chi connectivity index (χ2n) is 3.39. The zero-order valence-electron chi connectivity index (χ0n) is 8.99. The first-order valence-electron chi connectivity index (χ1n) is 4.87. The molecule has 0 saturated carbocycles. The Morgan fingerprint density at radius 3 is 2.25 bits per heavy atom. The number of carbonyl (C=O) groups is 2. The molecule has 5 heteroatoms. The van der Waals surface area contributed by atoms with E-state index in [2.05, 4.69) is 10.6 Å². The van der Waals surface area contributed by atoms with Gasteiger partial charge in [0.15, 0.2) is 0 Å². The van der Waals surface area contributed by atoms with Crippen LogP contribution in [0.3, 0.4) is 0 Å². The molecule has 16 heavy (non-hydrogen) atoms. The Kier molecular flexibility index (Phi) is 4.32. The molecule has 1 rings (SSSR count). The Morgan fingerprint density at radius 1 is 1.19 bits per heavy atom. The Balaban J connectivity index is 2.56. The Labute approximate surface area is 93.5 Å². The molecule has 0 bridgehead atoms.